The smallest absolute Gasteiger partial charge is 0.198 e. The Balaban J connectivity index is 2.44. The van der Waals surface area contributed by atoms with E-state index in [-0.39, 0.29) is 28.9 Å². The Bertz CT molecular complexity index is 446. The summed E-state index contributed by atoms with van der Waals surface area (Å²) in [5, 5.41) is 0.154. The van der Waals surface area contributed by atoms with Crippen LogP contribution in [-0.4, -0.2) is 26.2 Å². The van der Waals surface area contributed by atoms with E-state index in [1.807, 2.05) is 0 Å². The highest BCUT2D eigenvalue weighted by Gasteiger charge is 2.11. The lowest BCUT2D eigenvalue weighted by Crippen LogP contribution is -2.06. The zero-order chi connectivity index (χ0) is 11.5. The van der Waals surface area contributed by atoms with Crippen LogP contribution in [0.4, 0.5) is 0 Å². The molecule has 15 heavy (non-hydrogen) atoms. The monoisotopic (exact) mass is 250 g/mol. The zero-order valence-corrected chi connectivity index (χ0v) is 9.77. The number of ketones is 1. The van der Waals surface area contributed by atoms with Gasteiger partial charge in [-0.2, -0.15) is 0 Å². The van der Waals surface area contributed by atoms with E-state index in [9.17, 15) is 13.2 Å². The lowest BCUT2D eigenvalue weighted by Gasteiger charge is -1.97. The Morgan fingerprint density at radius 1 is 1.47 bits per heavy atom. The summed E-state index contributed by atoms with van der Waals surface area (Å²) in [5.74, 6) is -0.0493. The molecule has 0 fully saturated rings. The van der Waals surface area contributed by atoms with E-state index in [0.29, 0.717) is 6.42 Å². The first-order valence-electron chi connectivity index (χ1n) is 4.35. The molecule has 6 heteroatoms. The van der Waals surface area contributed by atoms with E-state index in [1.165, 1.54) is 12.1 Å². The molecule has 0 aliphatic rings. The number of carbonyl (C=O) groups excluding carboxylic acids is 1. The van der Waals surface area contributed by atoms with Crippen LogP contribution >= 0.6 is 11.6 Å². The summed E-state index contributed by atoms with van der Waals surface area (Å²) in [6.45, 7) is 0. The normalized spacial score (nSPS) is 11.6. The van der Waals surface area contributed by atoms with Crippen LogP contribution in [-0.2, 0) is 9.84 Å². The standard InChI is InChI=1S/C9H11ClO4S/c1-15(12,13)6-2-3-7(11)8-4-5-9(10)14-8/h4-5H,2-3,6H2,1H3. The van der Waals surface area contributed by atoms with Crippen molar-refractivity contribution in [1.82, 2.24) is 0 Å². The van der Waals surface area contributed by atoms with Gasteiger partial charge in [-0.3, -0.25) is 4.79 Å². The average molecular weight is 251 g/mol. The van der Waals surface area contributed by atoms with Gasteiger partial charge in [-0.05, 0) is 30.2 Å². The van der Waals surface area contributed by atoms with Crippen molar-refractivity contribution in [3.05, 3.63) is 23.1 Å². The number of halogens is 1. The minimum Gasteiger partial charge on any atom is -0.442 e. The lowest BCUT2D eigenvalue weighted by molar-refractivity contribution is 0.0955. The number of hydrogen-bond donors (Lipinski definition) is 0. The molecule has 0 N–H and O–H groups in total. The van der Waals surface area contributed by atoms with E-state index in [4.69, 9.17) is 16.0 Å². The Hall–Kier alpha value is -0.810. The van der Waals surface area contributed by atoms with Gasteiger partial charge in [0.25, 0.3) is 0 Å². The molecule has 1 aromatic rings. The van der Waals surface area contributed by atoms with Crippen molar-refractivity contribution in [1.29, 1.82) is 0 Å². The van der Waals surface area contributed by atoms with E-state index in [2.05, 4.69) is 0 Å². The molecule has 0 saturated heterocycles. The second kappa shape index (κ2) is 4.81. The third-order valence-corrected chi connectivity index (χ3v) is 3.00. The van der Waals surface area contributed by atoms with Gasteiger partial charge in [-0.15, -0.1) is 0 Å². The largest absolute Gasteiger partial charge is 0.442 e. The van der Waals surface area contributed by atoms with Crippen molar-refractivity contribution in [3.63, 3.8) is 0 Å². The fourth-order valence-corrected chi connectivity index (χ4v) is 1.90. The number of Topliss-reactive ketones (excluding diaryl/α,β-unsaturated/α-hetero) is 1. The molecule has 0 unspecified atom stereocenters. The molecule has 0 bridgehead atoms. The second-order valence-electron chi connectivity index (χ2n) is 3.26. The average Bonchev–Trinajstić information content (AvgIpc) is 2.49. The Morgan fingerprint density at radius 2 is 2.13 bits per heavy atom. The number of rotatable bonds is 5. The van der Waals surface area contributed by atoms with Gasteiger partial charge >= 0.3 is 0 Å². The first-order chi connectivity index (χ1) is 6.88. The fourth-order valence-electron chi connectivity index (χ4n) is 1.08. The highest BCUT2D eigenvalue weighted by Crippen LogP contribution is 2.15. The van der Waals surface area contributed by atoms with E-state index in [1.54, 1.807) is 0 Å². The lowest BCUT2D eigenvalue weighted by atomic mass is 10.2. The van der Waals surface area contributed by atoms with E-state index >= 15 is 0 Å². The zero-order valence-electron chi connectivity index (χ0n) is 8.20. The third kappa shape index (κ3) is 4.48. The predicted octanol–water partition coefficient (Wildman–Crippen LogP) is 1.94. The third-order valence-electron chi connectivity index (χ3n) is 1.77. The van der Waals surface area contributed by atoms with E-state index < -0.39 is 9.84 Å². The maximum atomic E-state index is 11.4. The minimum absolute atomic E-state index is 0.00712. The number of furan rings is 1. The maximum Gasteiger partial charge on any atom is 0.198 e. The number of sulfone groups is 1. The first-order valence-corrected chi connectivity index (χ1v) is 6.78. The molecule has 4 nitrogen and oxygen atoms in total. The molecule has 84 valence electrons. The predicted molar refractivity (Wildman–Crippen MR) is 57.0 cm³/mol. The van der Waals surface area contributed by atoms with Crippen LogP contribution in [0, 0.1) is 0 Å². The van der Waals surface area contributed by atoms with Crippen LogP contribution in [0.1, 0.15) is 23.4 Å². The van der Waals surface area contributed by atoms with E-state index in [0.717, 1.165) is 6.26 Å². The first kappa shape index (κ1) is 12.3. The van der Waals surface area contributed by atoms with Gasteiger partial charge in [0, 0.05) is 12.7 Å². The quantitative estimate of drug-likeness (QED) is 0.749. The number of hydrogen-bond acceptors (Lipinski definition) is 4. The van der Waals surface area contributed by atoms with Crippen LogP contribution in [0.3, 0.4) is 0 Å². The summed E-state index contributed by atoms with van der Waals surface area (Å²) in [5.41, 5.74) is 0. The molecule has 0 aromatic carbocycles. The highest BCUT2D eigenvalue weighted by molar-refractivity contribution is 7.90. The van der Waals surface area contributed by atoms with Crippen molar-refractivity contribution in [2.75, 3.05) is 12.0 Å². The summed E-state index contributed by atoms with van der Waals surface area (Å²) in [7, 11) is -3.01. The summed E-state index contributed by atoms with van der Waals surface area (Å²) in [4.78, 5) is 11.4. The fraction of sp³-hybridized carbons (Fsp3) is 0.444. The Labute approximate surface area is 93.1 Å². The number of carbonyl (C=O) groups is 1. The molecule has 1 heterocycles. The summed E-state index contributed by atoms with van der Waals surface area (Å²) < 4.78 is 26.5. The molecule has 0 amide bonds. The topological polar surface area (TPSA) is 64.3 Å². The van der Waals surface area contributed by atoms with Gasteiger partial charge in [0.2, 0.25) is 0 Å². The van der Waals surface area contributed by atoms with Gasteiger partial charge in [0.15, 0.2) is 16.8 Å². The van der Waals surface area contributed by atoms with Crippen LogP contribution in [0.5, 0.6) is 0 Å². The van der Waals surface area contributed by atoms with Gasteiger partial charge in [-0.1, -0.05) is 0 Å². The van der Waals surface area contributed by atoms with Crippen molar-refractivity contribution in [2.24, 2.45) is 0 Å². The van der Waals surface area contributed by atoms with Crippen molar-refractivity contribution < 1.29 is 17.6 Å². The minimum atomic E-state index is -3.01. The van der Waals surface area contributed by atoms with Gasteiger partial charge in [0.1, 0.15) is 9.84 Å². The second-order valence-corrected chi connectivity index (χ2v) is 5.89. The van der Waals surface area contributed by atoms with Crippen molar-refractivity contribution >= 4 is 27.2 Å². The summed E-state index contributed by atoms with van der Waals surface area (Å²) >= 11 is 5.50. The van der Waals surface area contributed by atoms with Gasteiger partial charge in [0.05, 0.1) is 5.75 Å². The Kier molecular flexibility index (Phi) is 3.93. The molecule has 0 radical (unpaired) electrons. The summed E-state index contributed by atoms with van der Waals surface area (Å²) in [6.07, 6.45) is 1.59. The molecule has 0 aliphatic heterocycles. The molecule has 1 rings (SSSR count). The molecule has 0 aliphatic carbocycles. The molecule has 0 spiro atoms. The Morgan fingerprint density at radius 3 is 2.60 bits per heavy atom. The molecule has 0 saturated carbocycles. The van der Waals surface area contributed by atoms with Crippen LogP contribution in [0.15, 0.2) is 16.5 Å². The van der Waals surface area contributed by atoms with Crippen LogP contribution < -0.4 is 0 Å². The molecular weight excluding hydrogens is 240 g/mol. The molecular formula is C9H11ClO4S. The van der Waals surface area contributed by atoms with Gasteiger partial charge in [-0.25, -0.2) is 8.42 Å². The maximum absolute atomic E-state index is 11.4. The van der Waals surface area contributed by atoms with Crippen LogP contribution in [0.2, 0.25) is 5.22 Å². The molecule has 1 aromatic heterocycles. The molecule has 0 atom stereocenters. The van der Waals surface area contributed by atoms with Crippen molar-refractivity contribution in [2.45, 2.75) is 12.8 Å². The SMILES string of the molecule is CS(=O)(=O)CCCC(=O)c1ccc(Cl)o1. The highest BCUT2D eigenvalue weighted by atomic mass is 35.5. The summed E-state index contributed by atoms with van der Waals surface area (Å²) in [6, 6.07) is 2.95. The van der Waals surface area contributed by atoms with Gasteiger partial charge < -0.3 is 4.42 Å². The van der Waals surface area contributed by atoms with Crippen LogP contribution in [0.25, 0.3) is 0 Å². The van der Waals surface area contributed by atoms with Crippen molar-refractivity contribution in [3.8, 4) is 0 Å².